The lowest BCUT2D eigenvalue weighted by Gasteiger charge is -2.32. The maximum atomic E-state index is 6.10. The fourth-order valence-electron chi connectivity index (χ4n) is 2.32. The molecule has 2 rings (SSSR count). The fourth-order valence-corrected chi connectivity index (χ4v) is 2.56. The van der Waals surface area contributed by atoms with Crippen LogP contribution in [0.4, 0.5) is 0 Å². The van der Waals surface area contributed by atoms with E-state index in [1.165, 1.54) is 0 Å². The topological polar surface area (TPSA) is 27.7 Å². The highest BCUT2D eigenvalue weighted by molar-refractivity contribution is 7.80. The van der Waals surface area contributed by atoms with E-state index in [1.807, 2.05) is 19.1 Å². The van der Waals surface area contributed by atoms with Gasteiger partial charge in [0.1, 0.15) is 5.75 Å². The molecule has 0 spiro atoms. The molecule has 1 fully saturated rings. The Morgan fingerprint density at radius 1 is 1.23 bits per heavy atom. The van der Waals surface area contributed by atoms with Crippen molar-refractivity contribution in [1.29, 1.82) is 0 Å². The Balaban J connectivity index is 2.29. The molecule has 1 aromatic carbocycles. The van der Waals surface area contributed by atoms with Crippen molar-refractivity contribution < 1.29 is 14.0 Å². The molecule has 120 valence electrons. The van der Waals surface area contributed by atoms with E-state index in [1.54, 1.807) is 7.11 Å². The third-order valence-corrected chi connectivity index (χ3v) is 4.89. The molecule has 0 unspecified atom stereocenters. The van der Waals surface area contributed by atoms with Crippen molar-refractivity contribution in [2.45, 2.75) is 45.8 Å². The summed E-state index contributed by atoms with van der Waals surface area (Å²) in [5, 5.41) is 0. The lowest BCUT2D eigenvalue weighted by Crippen LogP contribution is -2.41. The van der Waals surface area contributed by atoms with Gasteiger partial charge in [-0.1, -0.05) is 18.2 Å². The minimum absolute atomic E-state index is 0.343. The zero-order chi connectivity index (χ0) is 16.5. The van der Waals surface area contributed by atoms with Crippen LogP contribution in [0.5, 0.6) is 5.75 Å². The van der Waals surface area contributed by atoms with Crippen molar-refractivity contribution in [2.24, 2.45) is 0 Å². The molecule has 5 heteroatoms. The lowest BCUT2D eigenvalue weighted by molar-refractivity contribution is 0.00578. The monoisotopic (exact) mass is 320 g/mol. The lowest BCUT2D eigenvalue weighted by atomic mass is 9.78. The van der Waals surface area contributed by atoms with Gasteiger partial charge in [-0.25, -0.2) is 0 Å². The Hall–Kier alpha value is -0.905. The number of hydrogen-bond donors (Lipinski definition) is 1. The summed E-state index contributed by atoms with van der Waals surface area (Å²) in [5.41, 5.74) is 2.49. The molecule has 1 aliphatic heterocycles. The van der Waals surface area contributed by atoms with E-state index < -0.39 is 0 Å². The molecule has 0 aromatic heterocycles. The molecule has 1 aliphatic rings. The van der Waals surface area contributed by atoms with Crippen LogP contribution >= 0.6 is 12.6 Å². The van der Waals surface area contributed by atoms with Crippen LogP contribution in [-0.2, 0) is 9.31 Å². The Labute approximate surface area is 139 Å². The van der Waals surface area contributed by atoms with Crippen molar-refractivity contribution in [1.82, 2.24) is 0 Å². The summed E-state index contributed by atoms with van der Waals surface area (Å²) < 4.78 is 17.6. The molecule has 22 heavy (non-hydrogen) atoms. The van der Waals surface area contributed by atoms with E-state index in [-0.39, 0.29) is 18.3 Å². The summed E-state index contributed by atoms with van der Waals surface area (Å²) in [6.07, 6.45) is 2.07. The number of benzene rings is 1. The molecular weight excluding hydrogens is 295 g/mol. The molecule has 0 saturated carbocycles. The molecule has 0 N–H and O–H groups in total. The summed E-state index contributed by atoms with van der Waals surface area (Å²) in [7, 11) is 1.32. The zero-order valence-corrected chi connectivity index (χ0v) is 15.2. The van der Waals surface area contributed by atoms with E-state index in [0.29, 0.717) is 5.75 Å². The van der Waals surface area contributed by atoms with E-state index in [9.17, 15) is 0 Å². The van der Waals surface area contributed by atoms with Crippen LogP contribution in [0.15, 0.2) is 23.7 Å². The van der Waals surface area contributed by atoms with Gasteiger partial charge < -0.3 is 14.0 Å². The average Bonchev–Trinajstić information content (AvgIpc) is 2.66. The zero-order valence-electron chi connectivity index (χ0n) is 14.3. The van der Waals surface area contributed by atoms with E-state index in [4.69, 9.17) is 14.0 Å². The van der Waals surface area contributed by atoms with Crippen LogP contribution in [0.2, 0.25) is 0 Å². The van der Waals surface area contributed by atoms with Crippen molar-refractivity contribution in [3.8, 4) is 5.75 Å². The quantitative estimate of drug-likeness (QED) is 0.672. The van der Waals surface area contributed by atoms with E-state index in [2.05, 4.69) is 52.5 Å². The summed E-state index contributed by atoms with van der Waals surface area (Å²) in [5.74, 6) is 1.45. The smallest absolute Gasteiger partial charge is 0.491 e. The number of aryl methyl sites for hydroxylation is 1. The summed E-state index contributed by atoms with van der Waals surface area (Å²) in [4.78, 5) is 0. The molecular formula is C17H25BO3S. The van der Waals surface area contributed by atoms with Crippen molar-refractivity contribution in [3.05, 3.63) is 34.8 Å². The highest BCUT2D eigenvalue weighted by Gasteiger charge is 2.52. The molecule has 0 radical (unpaired) electrons. The van der Waals surface area contributed by atoms with Gasteiger partial charge in [-0.3, -0.25) is 0 Å². The normalized spacial score (nSPS) is 20.3. The Morgan fingerprint density at radius 2 is 1.82 bits per heavy atom. The number of methoxy groups -OCH3 is 1. The number of hydrogen-bond acceptors (Lipinski definition) is 4. The van der Waals surface area contributed by atoms with Gasteiger partial charge in [-0.2, -0.15) is 12.6 Å². The van der Waals surface area contributed by atoms with Crippen molar-refractivity contribution in [2.75, 3.05) is 12.9 Å². The first-order chi connectivity index (χ1) is 10.2. The van der Waals surface area contributed by atoms with Gasteiger partial charge in [-0.15, -0.1) is 0 Å². The molecule has 0 aliphatic carbocycles. The maximum absolute atomic E-state index is 6.10. The Bertz CT molecular complexity index is 565. The number of ether oxygens (including phenoxy) is 1. The highest BCUT2D eigenvalue weighted by atomic mass is 32.1. The molecule has 1 heterocycles. The summed E-state index contributed by atoms with van der Waals surface area (Å²) in [6, 6.07) is 6.13. The molecule has 0 atom stereocenters. The van der Waals surface area contributed by atoms with E-state index >= 15 is 0 Å². The first-order valence-corrected chi connectivity index (χ1v) is 8.15. The highest BCUT2D eigenvalue weighted by Crippen LogP contribution is 2.39. The maximum Gasteiger partial charge on any atom is 0.491 e. The summed E-state index contributed by atoms with van der Waals surface area (Å²) in [6.45, 7) is 10.2. The molecule has 0 bridgehead atoms. The Kier molecular flexibility index (Phi) is 5.00. The summed E-state index contributed by atoms with van der Waals surface area (Å²) >= 11 is 4.44. The number of thiol groups is 1. The average molecular weight is 320 g/mol. The van der Waals surface area contributed by atoms with Gasteiger partial charge in [0.15, 0.2) is 0 Å². The van der Waals surface area contributed by atoms with Crippen molar-refractivity contribution in [3.63, 3.8) is 0 Å². The SMILES string of the molecule is COc1cc(C=C(CS)B2OC(C)(C)C(C)(C)O2)ccc1C. The second kappa shape index (κ2) is 6.30. The van der Waals surface area contributed by atoms with Crippen LogP contribution in [0.25, 0.3) is 6.08 Å². The molecule has 0 amide bonds. The standard InChI is InChI=1S/C17H25BO3S/c1-12-7-8-13(10-15(12)19-6)9-14(11-22)18-20-16(2,3)17(4,5)21-18/h7-10,22H,11H2,1-6H3. The Morgan fingerprint density at radius 3 is 2.32 bits per heavy atom. The van der Waals surface area contributed by atoms with Gasteiger partial charge in [0.05, 0.1) is 18.3 Å². The molecule has 1 aromatic rings. The number of rotatable bonds is 4. The van der Waals surface area contributed by atoms with Crippen LogP contribution < -0.4 is 4.74 Å². The second-order valence-corrected chi connectivity index (χ2v) is 7.01. The first-order valence-electron chi connectivity index (χ1n) is 7.52. The predicted octanol–water partition coefficient (Wildman–Crippen LogP) is 3.95. The van der Waals surface area contributed by atoms with E-state index in [0.717, 1.165) is 22.3 Å². The third-order valence-electron chi connectivity index (χ3n) is 4.52. The van der Waals surface area contributed by atoms with Gasteiger partial charge in [0, 0.05) is 5.75 Å². The van der Waals surface area contributed by atoms with Gasteiger partial charge in [-0.05, 0) is 57.3 Å². The molecule has 1 saturated heterocycles. The van der Waals surface area contributed by atoms with Crippen LogP contribution in [0, 0.1) is 6.92 Å². The predicted molar refractivity (Wildman–Crippen MR) is 95.6 cm³/mol. The minimum atomic E-state index is -0.366. The van der Waals surface area contributed by atoms with Crippen molar-refractivity contribution >= 4 is 25.8 Å². The first kappa shape index (κ1) is 17.4. The van der Waals surface area contributed by atoms with Gasteiger partial charge >= 0.3 is 7.12 Å². The van der Waals surface area contributed by atoms with Gasteiger partial charge in [0.2, 0.25) is 0 Å². The minimum Gasteiger partial charge on any atom is -0.496 e. The van der Waals surface area contributed by atoms with Crippen LogP contribution in [0.1, 0.15) is 38.8 Å². The fraction of sp³-hybridized carbons (Fsp3) is 0.529. The second-order valence-electron chi connectivity index (χ2n) is 6.69. The van der Waals surface area contributed by atoms with Gasteiger partial charge in [0.25, 0.3) is 0 Å². The van der Waals surface area contributed by atoms with Crippen LogP contribution in [-0.4, -0.2) is 31.2 Å². The van der Waals surface area contributed by atoms with Crippen LogP contribution in [0.3, 0.4) is 0 Å². The molecule has 3 nitrogen and oxygen atoms in total. The largest absolute Gasteiger partial charge is 0.496 e. The third kappa shape index (κ3) is 3.37.